The van der Waals surface area contributed by atoms with Crippen LogP contribution in [0.3, 0.4) is 0 Å². The number of anilines is 1. The normalized spacial score (nSPS) is 10.6. The molecule has 1 heterocycles. The molecule has 2 N–H and O–H groups in total. The van der Waals surface area contributed by atoms with Gasteiger partial charge >= 0.3 is 0 Å². The maximum atomic E-state index is 9.23. The zero-order chi connectivity index (χ0) is 12.7. The van der Waals surface area contributed by atoms with E-state index in [0.717, 1.165) is 25.8 Å². The lowest BCUT2D eigenvalue weighted by molar-refractivity contribution is 0.281. The summed E-state index contributed by atoms with van der Waals surface area (Å²) in [6, 6.07) is 0. The first kappa shape index (κ1) is 14.2. The minimum atomic E-state index is -0.171. The van der Waals surface area contributed by atoms with Crippen LogP contribution in [0.2, 0.25) is 5.15 Å². The summed E-state index contributed by atoms with van der Waals surface area (Å²) >= 11 is 5.89. The molecule has 0 unspecified atom stereocenters. The summed E-state index contributed by atoms with van der Waals surface area (Å²) in [5.74, 6) is 0.663. The summed E-state index contributed by atoms with van der Waals surface area (Å²) in [5, 5.41) is 18.2. The fourth-order valence-electron chi connectivity index (χ4n) is 1.59. The van der Waals surface area contributed by atoms with Crippen molar-refractivity contribution in [3.05, 3.63) is 17.0 Å². The first-order chi connectivity index (χ1) is 8.20. The number of aliphatic hydroxyl groups is 2. The molecule has 0 atom stereocenters. The second-order valence-electron chi connectivity index (χ2n) is 3.83. The summed E-state index contributed by atoms with van der Waals surface area (Å²) in [4.78, 5) is 9.91. The van der Waals surface area contributed by atoms with Crippen molar-refractivity contribution in [2.75, 3.05) is 25.1 Å². The Morgan fingerprint density at radius 1 is 1.24 bits per heavy atom. The van der Waals surface area contributed by atoms with Crippen LogP contribution in [-0.2, 0) is 6.61 Å². The van der Waals surface area contributed by atoms with Crippen molar-refractivity contribution in [2.24, 2.45) is 0 Å². The number of unbranched alkanes of at least 4 members (excludes halogenated alkanes) is 2. The lowest BCUT2D eigenvalue weighted by atomic mass is 10.2. The van der Waals surface area contributed by atoms with E-state index in [-0.39, 0.29) is 13.2 Å². The first-order valence-corrected chi connectivity index (χ1v) is 6.00. The Morgan fingerprint density at radius 3 is 2.65 bits per heavy atom. The molecule has 5 nitrogen and oxygen atoms in total. The number of halogens is 1. The first-order valence-electron chi connectivity index (χ1n) is 5.63. The molecule has 0 saturated heterocycles. The van der Waals surface area contributed by atoms with Crippen LogP contribution < -0.4 is 4.90 Å². The fraction of sp³-hybridized carbons (Fsp3) is 0.636. The molecule has 96 valence electrons. The van der Waals surface area contributed by atoms with Gasteiger partial charge in [-0.1, -0.05) is 11.6 Å². The van der Waals surface area contributed by atoms with Gasteiger partial charge in [0.05, 0.1) is 12.2 Å². The lowest BCUT2D eigenvalue weighted by Crippen LogP contribution is -2.21. The predicted molar refractivity (Wildman–Crippen MR) is 67.2 cm³/mol. The van der Waals surface area contributed by atoms with E-state index < -0.39 is 0 Å². The minimum absolute atomic E-state index is 0.171. The molecule has 0 aliphatic heterocycles. The van der Waals surface area contributed by atoms with E-state index in [1.54, 1.807) is 0 Å². The smallest absolute Gasteiger partial charge is 0.140 e. The number of hydrogen-bond acceptors (Lipinski definition) is 5. The van der Waals surface area contributed by atoms with Gasteiger partial charge in [0.1, 0.15) is 17.3 Å². The molecule has 1 aromatic rings. The molecule has 0 fully saturated rings. The topological polar surface area (TPSA) is 69.5 Å². The van der Waals surface area contributed by atoms with Gasteiger partial charge in [0.2, 0.25) is 0 Å². The standard InChI is InChI=1S/C11H18ClN3O2/c1-15(5-3-2-4-6-16)11-9(7-17)10(12)13-8-14-11/h8,16-17H,2-7H2,1H3. The molecule has 0 aliphatic carbocycles. The molecule has 6 heteroatoms. The van der Waals surface area contributed by atoms with Gasteiger partial charge in [0.15, 0.2) is 0 Å². The molecule has 1 aromatic heterocycles. The quantitative estimate of drug-likeness (QED) is 0.569. The van der Waals surface area contributed by atoms with Gasteiger partial charge in [-0.3, -0.25) is 0 Å². The maximum Gasteiger partial charge on any atom is 0.140 e. The van der Waals surface area contributed by atoms with Crippen LogP contribution in [0, 0.1) is 0 Å². The molecule has 0 spiro atoms. The third-order valence-electron chi connectivity index (χ3n) is 2.54. The van der Waals surface area contributed by atoms with Crippen molar-refractivity contribution < 1.29 is 10.2 Å². The van der Waals surface area contributed by atoms with Crippen LogP contribution in [-0.4, -0.2) is 40.4 Å². The number of aromatic nitrogens is 2. The van der Waals surface area contributed by atoms with Gasteiger partial charge in [-0.15, -0.1) is 0 Å². The molecule has 0 aromatic carbocycles. The molecule has 0 amide bonds. The molecule has 17 heavy (non-hydrogen) atoms. The van der Waals surface area contributed by atoms with Gasteiger partial charge in [0.25, 0.3) is 0 Å². The van der Waals surface area contributed by atoms with Gasteiger partial charge in [-0.2, -0.15) is 0 Å². The summed E-state index contributed by atoms with van der Waals surface area (Å²) in [7, 11) is 1.90. The molecule has 0 aliphatic rings. The Labute approximate surface area is 106 Å². The zero-order valence-electron chi connectivity index (χ0n) is 9.93. The third kappa shape index (κ3) is 4.11. The summed E-state index contributed by atoms with van der Waals surface area (Å²) in [5.41, 5.74) is 0.554. The fourth-order valence-corrected chi connectivity index (χ4v) is 1.78. The second-order valence-corrected chi connectivity index (χ2v) is 4.19. The molecular formula is C11H18ClN3O2. The van der Waals surface area contributed by atoms with Gasteiger partial charge in [0, 0.05) is 20.2 Å². The number of aliphatic hydroxyl groups excluding tert-OH is 2. The van der Waals surface area contributed by atoms with Gasteiger partial charge < -0.3 is 15.1 Å². The molecule has 0 saturated carbocycles. The Bertz CT molecular complexity index is 349. The summed E-state index contributed by atoms with van der Waals surface area (Å²) in [6.07, 6.45) is 4.13. The van der Waals surface area contributed by atoms with Gasteiger partial charge in [-0.05, 0) is 19.3 Å². The third-order valence-corrected chi connectivity index (χ3v) is 2.87. The highest BCUT2D eigenvalue weighted by Gasteiger charge is 2.12. The van der Waals surface area contributed by atoms with Crippen molar-refractivity contribution >= 4 is 17.4 Å². The van der Waals surface area contributed by atoms with E-state index in [1.165, 1.54) is 6.33 Å². The number of rotatable bonds is 7. The Kier molecular flexibility index (Phi) is 6.18. The number of nitrogens with zero attached hydrogens (tertiary/aromatic N) is 3. The van der Waals surface area contributed by atoms with E-state index in [1.807, 2.05) is 11.9 Å². The summed E-state index contributed by atoms with van der Waals surface area (Å²) < 4.78 is 0. The average molecular weight is 260 g/mol. The predicted octanol–water partition coefficient (Wildman–Crippen LogP) is 1.22. The van der Waals surface area contributed by atoms with Crippen molar-refractivity contribution in [1.29, 1.82) is 0 Å². The zero-order valence-corrected chi connectivity index (χ0v) is 10.7. The minimum Gasteiger partial charge on any atom is -0.396 e. The lowest BCUT2D eigenvalue weighted by Gasteiger charge is -2.20. The van der Waals surface area contributed by atoms with Crippen molar-refractivity contribution in [3.63, 3.8) is 0 Å². The second kappa shape index (κ2) is 7.42. The van der Waals surface area contributed by atoms with E-state index >= 15 is 0 Å². The van der Waals surface area contributed by atoms with Crippen molar-refractivity contribution in [2.45, 2.75) is 25.9 Å². The Hall–Kier alpha value is -0.910. The SMILES string of the molecule is CN(CCCCCO)c1ncnc(Cl)c1CO. The highest BCUT2D eigenvalue weighted by atomic mass is 35.5. The van der Waals surface area contributed by atoms with E-state index in [2.05, 4.69) is 9.97 Å². The van der Waals surface area contributed by atoms with E-state index in [9.17, 15) is 5.11 Å². The monoisotopic (exact) mass is 259 g/mol. The van der Waals surface area contributed by atoms with E-state index in [4.69, 9.17) is 16.7 Å². The van der Waals surface area contributed by atoms with Gasteiger partial charge in [-0.25, -0.2) is 9.97 Å². The van der Waals surface area contributed by atoms with Crippen molar-refractivity contribution in [3.8, 4) is 0 Å². The van der Waals surface area contributed by atoms with Crippen LogP contribution in [0.15, 0.2) is 6.33 Å². The Morgan fingerprint density at radius 2 is 2.00 bits per heavy atom. The summed E-state index contributed by atoms with van der Waals surface area (Å²) in [6.45, 7) is 0.862. The highest BCUT2D eigenvalue weighted by molar-refractivity contribution is 6.30. The van der Waals surface area contributed by atoms with Crippen LogP contribution in [0.1, 0.15) is 24.8 Å². The van der Waals surface area contributed by atoms with Crippen LogP contribution >= 0.6 is 11.6 Å². The van der Waals surface area contributed by atoms with Crippen LogP contribution in [0.5, 0.6) is 0 Å². The largest absolute Gasteiger partial charge is 0.396 e. The molecule has 1 rings (SSSR count). The van der Waals surface area contributed by atoms with Crippen LogP contribution in [0.4, 0.5) is 5.82 Å². The Balaban J connectivity index is 2.61. The highest BCUT2D eigenvalue weighted by Crippen LogP contribution is 2.22. The molecular weight excluding hydrogens is 242 g/mol. The number of hydrogen-bond donors (Lipinski definition) is 2. The molecule has 0 bridgehead atoms. The van der Waals surface area contributed by atoms with E-state index in [0.29, 0.717) is 16.5 Å². The molecule has 0 radical (unpaired) electrons. The average Bonchev–Trinajstić information content (AvgIpc) is 2.34. The maximum absolute atomic E-state index is 9.23. The van der Waals surface area contributed by atoms with Crippen LogP contribution in [0.25, 0.3) is 0 Å². The van der Waals surface area contributed by atoms with Crippen molar-refractivity contribution in [1.82, 2.24) is 9.97 Å².